The molecule has 0 aliphatic heterocycles. The van der Waals surface area contributed by atoms with E-state index in [0.717, 1.165) is 24.3 Å². The van der Waals surface area contributed by atoms with E-state index >= 15 is 0 Å². The summed E-state index contributed by atoms with van der Waals surface area (Å²) in [5, 5.41) is 14.3. The van der Waals surface area contributed by atoms with E-state index in [2.05, 4.69) is 10.3 Å². The SMILES string of the molecule is CC(NC(=O)c1nc(-c2ccc(C(F)(F)F)cc2)oc1-c1ccccc1[N+](=O)[O-])c1ccc(F)cc1. The molecule has 1 unspecified atom stereocenters. The van der Waals surface area contributed by atoms with Gasteiger partial charge < -0.3 is 9.73 Å². The first-order valence-electron chi connectivity index (χ1n) is 10.5. The largest absolute Gasteiger partial charge is 0.435 e. The lowest BCUT2D eigenvalue weighted by molar-refractivity contribution is -0.384. The number of hydrogen-bond donors (Lipinski definition) is 1. The highest BCUT2D eigenvalue weighted by Crippen LogP contribution is 2.36. The third-order valence-corrected chi connectivity index (χ3v) is 5.36. The van der Waals surface area contributed by atoms with Gasteiger partial charge in [-0.15, -0.1) is 0 Å². The van der Waals surface area contributed by atoms with E-state index in [4.69, 9.17) is 4.42 Å². The van der Waals surface area contributed by atoms with E-state index < -0.39 is 34.4 Å². The lowest BCUT2D eigenvalue weighted by atomic mass is 10.1. The zero-order chi connectivity index (χ0) is 26.0. The number of oxazole rings is 1. The maximum absolute atomic E-state index is 13.2. The summed E-state index contributed by atoms with van der Waals surface area (Å²) >= 11 is 0. The summed E-state index contributed by atoms with van der Waals surface area (Å²) in [6, 6.07) is 14.3. The Balaban J connectivity index is 1.77. The Hall–Kier alpha value is -4.54. The first kappa shape index (κ1) is 24.6. The van der Waals surface area contributed by atoms with Crippen molar-refractivity contribution in [3.05, 3.63) is 106 Å². The Morgan fingerprint density at radius 2 is 1.67 bits per heavy atom. The standard InChI is InChI=1S/C25H17F4N3O4/c1-14(15-8-12-18(26)13-9-15)30-23(33)21-22(19-4-2-3-5-20(19)32(34)35)36-24(31-21)16-6-10-17(11-7-16)25(27,28)29/h2-14H,1H3,(H,30,33). The number of nitro benzene ring substituents is 1. The average Bonchev–Trinajstić information content (AvgIpc) is 3.29. The van der Waals surface area contributed by atoms with E-state index in [1.54, 1.807) is 6.92 Å². The van der Waals surface area contributed by atoms with E-state index in [0.29, 0.717) is 5.56 Å². The monoisotopic (exact) mass is 499 g/mol. The quantitative estimate of drug-likeness (QED) is 0.184. The van der Waals surface area contributed by atoms with Gasteiger partial charge in [0.2, 0.25) is 5.89 Å². The topological polar surface area (TPSA) is 98.3 Å². The summed E-state index contributed by atoms with van der Waals surface area (Å²) in [7, 11) is 0. The van der Waals surface area contributed by atoms with Gasteiger partial charge in [-0.3, -0.25) is 14.9 Å². The van der Waals surface area contributed by atoms with Crippen LogP contribution in [-0.2, 0) is 6.18 Å². The molecule has 7 nitrogen and oxygen atoms in total. The first-order valence-corrected chi connectivity index (χ1v) is 10.5. The van der Waals surface area contributed by atoms with Crippen LogP contribution in [0.15, 0.2) is 77.2 Å². The van der Waals surface area contributed by atoms with Crippen molar-refractivity contribution in [2.45, 2.75) is 19.1 Å². The molecule has 1 aromatic heterocycles. The van der Waals surface area contributed by atoms with Crippen LogP contribution in [0.4, 0.5) is 23.2 Å². The predicted molar refractivity (Wildman–Crippen MR) is 121 cm³/mol. The second-order valence-corrected chi connectivity index (χ2v) is 7.79. The predicted octanol–water partition coefficient (Wildman–Crippen LogP) is 6.57. The van der Waals surface area contributed by atoms with E-state index in [1.165, 1.54) is 48.5 Å². The van der Waals surface area contributed by atoms with Crippen molar-refractivity contribution in [1.82, 2.24) is 10.3 Å². The molecule has 0 spiro atoms. The molecule has 4 rings (SSSR count). The molecule has 36 heavy (non-hydrogen) atoms. The fourth-order valence-electron chi connectivity index (χ4n) is 3.51. The summed E-state index contributed by atoms with van der Waals surface area (Å²) < 4.78 is 57.8. The summed E-state index contributed by atoms with van der Waals surface area (Å²) in [4.78, 5) is 28.3. The van der Waals surface area contributed by atoms with Crippen LogP contribution in [0.5, 0.6) is 0 Å². The maximum atomic E-state index is 13.2. The van der Waals surface area contributed by atoms with Crippen LogP contribution in [0.2, 0.25) is 0 Å². The number of hydrogen-bond acceptors (Lipinski definition) is 5. The molecule has 0 aliphatic rings. The van der Waals surface area contributed by atoms with Crippen molar-refractivity contribution in [2.75, 3.05) is 0 Å². The summed E-state index contributed by atoms with van der Waals surface area (Å²) in [5.41, 5.74) is -0.853. The first-order chi connectivity index (χ1) is 17.0. The molecule has 4 aromatic rings. The van der Waals surface area contributed by atoms with Gasteiger partial charge in [0.1, 0.15) is 5.82 Å². The molecule has 1 heterocycles. The van der Waals surface area contributed by atoms with Gasteiger partial charge in [0, 0.05) is 11.6 Å². The zero-order valence-corrected chi connectivity index (χ0v) is 18.5. The Bertz CT molecular complexity index is 1410. The minimum atomic E-state index is -4.55. The van der Waals surface area contributed by atoms with Crippen LogP contribution in [0, 0.1) is 15.9 Å². The average molecular weight is 499 g/mol. The minimum absolute atomic E-state index is 0.0345. The molecular weight excluding hydrogens is 482 g/mol. The van der Waals surface area contributed by atoms with E-state index in [9.17, 15) is 32.5 Å². The number of para-hydroxylation sites is 1. The van der Waals surface area contributed by atoms with Crippen LogP contribution in [0.3, 0.4) is 0 Å². The van der Waals surface area contributed by atoms with Crippen LogP contribution in [0.25, 0.3) is 22.8 Å². The number of rotatable bonds is 6. The Labute approximate surface area is 201 Å². The number of amides is 1. The molecule has 1 atom stereocenters. The fraction of sp³-hybridized carbons (Fsp3) is 0.120. The van der Waals surface area contributed by atoms with Gasteiger partial charge in [-0.2, -0.15) is 13.2 Å². The van der Waals surface area contributed by atoms with Crippen molar-refractivity contribution in [1.29, 1.82) is 0 Å². The van der Waals surface area contributed by atoms with Crippen LogP contribution < -0.4 is 5.32 Å². The van der Waals surface area contributed by atoms with Gasteiger partial charge in [0.15, 0.2) is 11.5 Å². The highest BCUT2D eigenvalue weighted by atomic mass is 19.4. The third kappa shape index (κ3) is 5.09. The highest BCUT2D eigenvalue weighted by Gasteiger charge is 2.31. The van der Waals surface area contributed by atoms with E-state index in [1.807, 2.05) is 0 Å². The second-order valence-electron chi connectivity index (χ2n) is 7.79. The van der Waals surface area contributed by atoms with Gasteiger partial charge in [0.05, 0.1) is 22.1 Å². The Morgan fingerprint density at radius 3 is 2.28 bits per heavy atom. The molecule has 0 fully saturated rings. The minimum Gasteiger partial charge on any atom is -0.435 e. The van der Waals surface area contributed by atoms with Crippen molar-refractivity contribution >= 4 is 11.6 Å². The molecule has 0 aliphatic carbocycles. The second kappa shape index (κ2) is 9.61. The van der Waals surface area contributed by atoms with Gasteiger partial charge >= 0.3 is 6.18 Å². The lowest BCUT2D eigenvalue weighted by Gasteiger charge is -2.13. The van der Waals surface area contributed by atoms with Gasteiger partial charge in [0.25, 0.3) is 11.6 Å². The number of alkyl halides is 3. The van der Waals surface area contributed by atoms with Crippen molar-refractivity contribution < 1.29 is 31.7 Å². The van der Waals surface area contributed by atoms with Gasteiger partial charge in [-0.25, -0.2) is 9.37 Å². The normalized spacial score (nSPS) is 12.2. The maximum Gasteiger partial charge on any atom is 0.416 e. The Kier molecular flexibility index (Phi) is 6.56. The van der Waals surface area contributed by atoms with Crippen LogP contribution >= 0.6 is 0 Å². The molecule has 0 saturated carbocycles. The van der Waals surface area contributed by atoms with Gasteiger partial charge in [-0.1, -0.05) is 24.3 Å². The van der Waals surface area contributed by atoms with Crippen molar-refractivity contribution in [3.63, 3.8) is 0 Å². The molecule has 1 amide bonds. The molecular formula is C25H17F4N3O4. The number of aromatic nitrogens is 1. The summed E-state index contributed by atoms with van der Waals surface area (Å²) in [6.45, 7) is 1.65. The molecule has 184 valence electrons. The highest BCUT2D eigenvalue weighted by molar-refractivity contribution is 5.99. The number of benzene rings is 3. The van der Waals surface area contributed by atoms with E-state index in [-0.39, 0.29) is 34.2 Å². The van der Waals surface area contributed by atoms with Gasteiger partial charge in [-0.05, 0) is 55.0 Å². The summed E-state index contributed by atoms with van der Waals surface area (Å²) in [5.74, 6) is -1.62. The van der Waals surface area contributed by atoms with Crippen LogP contribution in [0.1, 0.15) is 34.6 Å². The zero-order valence-electron chi connectivity index (χ0n) is 18.5. The number of nitro groups is 1. The smallest absolute Gasteiger partial charge is 0.416 e. The number of carbonyl (C=O) groups excluding carboxylic acids is 1. The molecule has 3 aromatic carbocycles. The number of halogens is 4. The molecule has 11 heteroatoms. The van der Waals surface area contributed by atoms with Crippen molar-refractivity contribution in [2.24, 2.45) is 0 Å². The number of carbonyl (C=O) groups is 1. The van der Waals surface area contributed by atoms with Crippen molar-refractivity contribution in [3.8, 4) is 22.8 Å². The molecule has 0 radical (unpaired) electrons. The molecule has 1 N–H and O–H groups in total. The number of nitrogens with one attached hydrogen (secondary N) is 1. The number of nitrogens with zero attached hydrogens (tertiary/aromatic N) is 2. The van der Waals surface area contributed by atoms with Crippen LogP contribution in [-0.4, -0.2) is 15.8 Å². The molecule has 0 bridgehead atoms. The fourth-order valence-corrected chi connectivity index (χ4v) is 3.51. The molecule has 0 saturated heterocycles. The Morgan fingerprint density at radius 1 is 1.03 bits per heavy atom. The lowest BCUT2D eigenvalue weighted by Crippen LogP contribution is -2.27. The summed E-state index contributed by atoms with van der Waals surface area (Å²) in [6.07, 6.45) is -4.55. The third-order valence-electron chi connectivity index (χ3n) is 5.36.